The first-order chi connectivity index (χ1) is 6.96. The predicted molar refractivity (Wildman–Crippen MR) is 57.8 cm³/mol. The van der Waals surface area contributed by atoms with Crippen LogP contribution < -0.4 is 22.1 Å². The van der Waals surface area contributed by atoms with Gasteiger partial charge in [-0.2, -0.15) is 0 Å². The third kappa shape index (κ3) is 3.25. The van der Waals surface area contributed by atoms with Gasteiger partial charge < -0.3 is 11.1 Å². The van der Waals surface area contributed by atoms with Gasteiger partial charge in [-0.25, -0.2) is 0 Å². The molecule has 1 heterocycles. The van der Waals surface area contributed by atoms with Gasteiger partial charge >= 0.3 is 7.59 Å². The van der Waals surface area contributed by atoms with Gasteiger partial charge in [0.2, 0.25) is 5.91 Å². The van der Waals surface area contributed by atoms with Gasteiger partial charge in [0.25, 0.3) is 0 Å². The highest BCUT2D eigenvalue weighted by molar-refractivity contribution is 7.57. The van der Waals surface area contributed by atoms with Crippen molar-refractivity contribution in [3.8, 4) is 0 Å². The van der Waals surface area contributed by atoms with Gasteiger partial charge in [0.05, 0.1) is 6.04 Å². The Morgan fingerprint density at radius 3 is 2.73 bits per heavy atom. The first kappa shape index (κ1) is 12.6. The average molecular weight is 235 g/mol. The molecule has 0 aliphatic carbocycles. The highest BCUT2D eigenvalue weighted by Gasteiger charge is 2.35. The number of rotatable bonds is 4. The molecule has 1 atom stereocenters. The summed E-state index contributed by atoms with van der Waals surface area (Å²) >= 11 is 0. The summed E-state index contributed by atoms with van der Waals surface area (Å²) in [5.74, 6) is -0.289. The van der Waals surface area contributed by atoms with Crippen LogP contribution in [-0.2, 0) is 9.36 Å². The van der Waals surface area contributed by atoms with Crippen molar-refractivity contribution >= 4 is 13.5 Å². The van der Waals surface area contributed by atoms with Crippen LogP contribution in [0.5, 0.6) is 0 Å². The lowest BCUT2D eigenvalue weighted by molar-refractivity contribution is -0.130. The summed E-state index contributed by atoms with van der Waals surface area (Å²) in [6.07, 6.45) is 1.45. The van der Waals surface area contributed by atoms with E-state index in [0.29, 0.717) is 26.1 Å². The van der Waals surface area contributed by atoms with Crippen molar-refractivity contribution in [2.75, 3.05) is 19.6 Å². The number of hydrogen-bond acceptors (Lipinski definition) is 4. The Hall–Kier alpha value is -0.460. The second-order valence-electron chi connectivity index (χ2n) is 3.57. The molecule has 1 aliphatic rings. The fraction of sp³-hybridized carbons (Fsp3) is 0.857. The molecule has 88 valence electrons. The zero-order valence-corrected chi connectivity index (χ0v) is 9.45. The number of amides is 1. The molecule has 1 aliphatic heterocycles. The van der Waals surface area contributed by atoms with Crippen LogP contribution in [0.1, 0.15) is 12.8 Å². The predicted octanol–water partition coefficient (Wildman–Crippen LogP) is -1.45. The third-order valence-corrected chi connectivity index (χ3v) is 3.48. The number of nitrogens with one attached hydrogen (secondary N) is 1. The first-order valence-electron chi connectivity index (χ1n) is 4.89. The van der Waals surface area contributed by atoms with Gasteiger partial charge in [0.15, 0.2) is 0 Å². The maximum Gasteiger partial charge on any atom is 0.302 e. The van der Waals surface area contributed by atoms with Crippen LogP contribution in [0.2, 0.25) is 0 Å². The van der Waals surface area contributed by atoms with Crippen LogP contribution in [0.3, 0.4) is 0 Å². The van der Waals surface area contributed by atoms with Gasteiger partial charge in [-0.3, -0.25) is 25.0 Å². The summed E-state index contributed by atoms with van der Waals surface area (Å²) in [5.41, 5.74) is 15.9. The standard InChI is InChI=1S/C7H18N5O2P/c8-3-4-11-6-2-1-5-12(7(6)13)15(9,10)14/h6,11H,1-5,8H2,(H4,9,10,14)/t6-/m0/s1. The van der Waals surface area contributed by atoms with E-state index in [9.17, 15) is 9.36 Å². The Bertz CT molecular complexity index is 279. The molecule has 1 rings (SSSR count). The molecule has 15 heavy (non-hydrogen) atoms. The van der Waals surface area contributed by atoms with Crippen molar-refractivity contribution in [2.24, 2.45) is 16.7 Å². The van der Waals surface area contributed by atoms with E-state index in [1.54, 1.807) is 0 Å². The molecule has 0 spiro atoms. The van der Waals surface area contributed by atoms with E-state index in [1.165, 1.54) is 0 Å². The lowest BCUT2D eigenvalue weighted by atomic mass is 10.1. The summed E-state index contributed by atoms with van der Waals surface area (Å²) in [6, 6.07) is -0.359. The highest BCUT2D eigenvalue weighted by atomic mass is 31.2. The smallest absolute Gasteiger partial charge is 0.302 e. The maximum absolute atomic E-state index is 11.8. The van der Waals surface area contributed by atoms with Gasteiger partial charge in [0.1, 0.15) is 0 Å². The molecule has 1 fully saturated rings. The molecule has 0 unspecified atom stereocenters. The van der Waals surface area contributed by atoms with E-state index in [-0.39, 0.29) is 11.9 Å². The van der Waals surface area contributed by atoms with Gasteiger partial charge in [-0.05, 0) is 12.8 Å². The molecule has 0 radical (unpaired) electrons. The fourth-order valence-corrected chi connectivity index (χ4v) is 2.52. The van der Waals surface area contributed by atoms with Crippen molar-refractivity contribution in [1.82, 2.24) is 9.99 Å². The molecule has 1 amide bonds. The Kier molecular flexibility index (Phi) is 4.24. The number of nitrogens with zero attached hydrogens (tertiary/aromatic N) is 1. The van der Waals surface area contributed by atoms with E-state index in [0.717, 1.165) is 11.1 Å². The van der Waals surface area contributed by atoms with Crippen molar-refractivity contribution in [3.63, 3.8) is 0 Å². The van der Waals surface area contributed by atoms with Crippen molar-refractivity contribution in [3.05, 3.63) is 0 Å². The van der Waals surface area contributed by atoms with Crippen LogP contribution in [0, 0.1) is 0 Å². The summed E-state index contributed by atoms with van der Waals surface area (Å²) in [4.78, 5) is 11.8. The first-order valence-corrected chi connectivity index (χ1v) is 6.69. The van der Waals surface area contributed by atoms with Crippen LogP contribution in [0.15, 0.2) is 0 Å². The number of nitrogens with two attached hydrogens (primary N) is 3. The fourth-order valence-electron chi connectivity index (χ4n) is 1.62. The Morgan fingerprint density at radius 2 is 2.20 bits per heavy atom. The third-order valence-electron chi connectivity index (χ3n) is 2.33. The minimum absolute atomic E-state index is 0.289. The number of carbonyl (C=O) groups excluding carboxylic acids is 1. The second-order valence-corrected chi connectivity index (χ2v) is 5.40. The minimum Gasteiger partial charge on any atom is -0.329 e. The Morgan fingerprint density at radius 1 is 1.53 bits per heavy atom. The molecule has 8 heteroatoms. The van der Waals surface area contributed by atoms with Gasteiger partial charge in [0, 0.05) is 19.6 Å². The Labute approximate surface area is 88.9 Å². The van der Waals surface area contributed by atoms with E-state index in [1.807, 2.05) is 0 Å². The van der Waals surface area contributed by atoms with Gasteiger partial charge in [-0.15, -0.1) is 0 Å². The average Bonchev–Trinajstić information content (AvgIpc) is 2.14. The summed E-state index contributed by atoms with van der Waals surface area (Å²) in [6.45, 7) is 1.36. The molecule has 0 aromatic rings. The lowest BCUT2D eigenvalue weighted by Gasteiger charge is -2.34. The second kappa shape index (κ2) is 5.05. The summed E-state index contributed by atoms with van der Waals surface area (Å²) < 4.78 is 12.5. The molecular weight excluding hydrogens is 217 g/mol. The molecular formula is C7H18N5O2P. The largest absolute Gasteiger partial charge is 0.329 e. The SMILES string of the molecule is NCCN[C@H]1CCCN(P(N)(N)=O)C1=O. The number of hydrogen-bond donors (Lipinski definition) is 4. The van der Waals surface area contributed by atoms with Crippen LogP contribution in [0.25, 0.3) is 0 Å². The maximum atomic E-state index is 11.8. The molecule has 0 bridgehead atoms. The monoisotopic (exact) mass is 235 g/mol. The molecule has 1 saturated heterocycles. The lowest BCUT2D eigenvalue weighted by Crippen LogP contribution is -2.51. The van der Waals surface area contributed by atoms with Crippen molar-refractivity contribution < 1.29 is 9.36 Å². The van der Waals surface area contributed by atoms with Crippen LogP contribution in [-0.4, -0.2) is 36.3 Å². The number of carbonyl (C=O) groups is 1. The van der Waals surface area contributed by atoms with Crippen LogP contribution >= 0.6 is 7.59 Å². The van der Waals surface area contributed by atoms with E-state index in [4.69, 9.17) is 16.7 Å². The summed E-state index contributed by atoms with van der Waals surface area (Å²) in [7, 11) is -3.45. The van der Waals surface area contributed by atoms with Crippen LogP contribution in [0.4, 0.5) is 0 Å². The zero-order valence-electron chi connectivity index (χ0n) is 8.56. The quantitative estimate of drug-likeness (QED) is 0.441. The Balaban J connectivity index is 2.63. The zero-order chi connectivity index (χ0) is 11.5. The summed E-state index contributed by atoms with van der Waals surface area (Å²) in [5, 5.41) is 2.97. The molecule has 7 nitrogen and oxygen atoms in total. The molecule has 0 saturated carbocycles. The molecule has 7 N–H and O–H groups in total. The highest BCUT2D eigenvalue weighted by Crippen LogP contribution is 2.35. The van der Waals surface area contributed by atoms with Crippen molar-refractivity contribution in [2.45, 2.75) is 18.9 Å². The van der Waals surface area contributed by atoms with Gasteiger partial charge in [-0.1, -0.05) is 0 Å². The normalized spacial score (nSPS) is 23.3. The topological polar surface area (TPSA) is 127 Å². The molecule has 0 aromatic heterocycles. The van der Waals surface area contributed by atoms with E-state index in [2.05, 4.69) is 5.32 Å². The van der Waals surface area contributed by atoms with E-state index < -0.39 is 7.59 Å². The van der Waals surface area contributed by atoms with Crippen molar-refractivity contribution in [1.29, 1.82) is 0 Å². The molecule has 0 aromatic carbocycles. The van der Waals surface area contributed by atoms with E-state index >= 15 is 0 Å². The number of piperidine rings is 1. The minimum atomic E-state index is -3.45.